The summed E-state index contributed by atoms with van der Waals surface area (Å²) in [5.74, 6) is 0.700. The van der Waals surface area contributed by atoms with E-state index in [4.69, 9.17) is 4.74 Å². The van der Waals surface area contributed by atoms with Gasteiger partial charge in [0.15, 0.2) is 0 Å². The highest BCUT2D eigenvalue weighted by atomic mass is 32.2. The highest BCUT2D eigenvalue weighted by Crippen LogP contribution is 2.31. The lowest BCUT2D eigenvalue weighted by atomic mass is 10.1. The van der Waals surface area contributed by atoms with Crippen molar-refractivity contribution in [3.05, 3.63) is 53.3 Å². The minimum Gasteiger partial charge on any atom is -0.598 e. The van der Waals surface area contributed by atoms with Crippen LogP contribution in [0.1, 0.15) is 50.7 Å². The molecule has 0 amide bonds. The average Bonchev–Trinajstić information content (AvgIpc) is 2.65. The van der Waals surface area contributed by atoms with Crippen molar-refractivity contribution in [1.82, 2.24) is 9.71 Å². The number of hydrogen-bond donors (Lipinski definition) is 2. The van der Waals surface area contributed by atoms with Gasteiger partial charge in [-0.3, -0.25) is 0 Å². The van der Waals surface area contributed by atoms with Crippen molar-refractivity contribution in [2.24, 2.45) is 0 Å². The Balaban J connectivity index is 2.23. The molecule has 160 valence electrons. The van der Waals surface area contributed by atoms with E-state index in [2.05, 4.69) is 15.0 Å². The number of ether oxygens (including phenoxy) is 1. The maximum absolute atomic E-state index is 13.3. The largest absolute Gasteiger partial charge is 0.598 e. The van der Waals surface area contributed by atoms with E-state index in [1.807, 2.05) is 12.1 Å². The predicted molar refractivity (Wildman–Crippen MR) is 109 cm³/mol. The van der Waals surface area contributed by atoms with Crippen LogP contribution in [0.15, 0.2) is 36.4 Å². The third-order valence-electron chi connectivity index (χ3n) is 4.07. The maximum atomic E-state index is 13.3. The molecule has 0 spiro atoms. The Labute approximate surface area is 172 Å². The second kappa shape index (κ2) is 9.23. The lowest BCUT2D eigenvalue weighted by Gasteiger charge is -2.26. The van der Waals surface area contributed by atoms with Gasteiger partial charge >= 0.3 is 6.18 Å². The van der Waals surface area contributed by atoms with Crippen LogP contribution >= 0.6 is 0 Å². The van der Waals surface area contributed by atoms with Crippen LogP contribution in [0.5, 0.6) is 5.75 Å². The molecule has 9 heteroatoms. The van der Waals surface area contributed by atoms with Crippen LogP contribution in [-0.2, 0) is 24.1 Å². The summed E-state index contributed by atoms with van der Waals surface area (Å²) >= 11 is -1.44. The van der Waals surface area contributed by atoms with Gasteiger partial charge in [-0.25, -0.2) is 4.98 Å². The summed E-state index contributed by atoms with van der Waals surface area (Å²) in [5.41, 5.74) is 0.336. The molecule has 1 aromatic carbocycles. The van der Waals surface area contributed by atoms with Gasteiger partial charge in [0.2, 0.25) is 0 Å². The molecule has 0 fully saturated rings. The molecule has 2 N–H and O–H groups in total. The molecule has 29 heavy (non-hydrogen) atoms. The van der Waals surface area contributed by atoms with E-state index in [-0.39, 0.29) is 11.4 Å². The van der Waals surface area contributed by atoms with E-state index in [0.717, 1.165) is 11.6 Å². The van der Waals surface area contributed by atoms with Crippen LogP contribution in [0.25, 0.3) is 0 Å². The Morgan fingerprint density at radius 1 is 1.14 bits per heavy atom. The van der Waals surface area contributed by atoms with Crippen molar-refractivity contribution in [2.45, 2.75) is 51.2 Å². The number of alkyl halides is 3. The summed E-state index contributed by atoms with van der Waals surface area (Å²) < 4.78 is 59.7. The van der Waals surface area contributed by atoms with Crippen molar-refractivity contribution < 1.29 is 22.5 Å². The van der Waals surface area contributed by atoms with Crippen LogP contribution in [0.2, 0.25) is 0 Å². The van der Waals surface area contributed by atoms with E-state index in [1.54, 1.807) is 46.9 Å². The average molecular weight is 430 g/mol. The summed E-state index contributed by atoms with van der Waals surface area (Å²) in [7, 11) is 1.56. The summed E-state index contributed by atoms with van der Waals surface area (Å²) in [6.07, 6.45) is -4.59. The van der Waals surface area contributed by atoms with Crippen LogP contribution in [0.3, 0.4) is 0 Å². The monoisotopic (exact) mass is 429 g/mol. The number of nitrogens with zero attached hydrogens (tertiary/aromatic N) is 1. The number of rotatable bonds is 7. The Bertz CT molecular complexity index is 808. The van der Waals surface area contributed by atoms with Crippen molar-refractivity contribution in [3.63, 3.8) is 0 Å². The highest BCUT2D eigenvalue weighted by Gasteiger charge is 2.34. The lowest BCUT2D eigenvalue weighted by molar-refractivity contribution is -0.141. The molecule has 1 aromatic heterocycles. The molecule has 0 unspecified atom stereocenters. The maximum Gasteiger partial charge on any atom is 0.433 e. The van der Waals surface area contributed by atoms with E-state index < -0.39 is 34.0 Å². The SMILES string of the molecule is COc1ccc(CNc2cc([C@@H](C)N[S@+]([O-])C(C)(C)C)nc(C(F)(F)F)c2)cc1. The second-order valence-corrected chi connectivity index (χ2v) is 9.58. The molecule has 0 saturated carbocycles. The Kier molecular flexibility index (Phi) is 7.42. The number of hydrogen-bond acceptors (Lipinski definition) is 5. The lowest BCUT2D eigenvalue weighted by Crippen LogP contribution is -2.40. The fraction of sp³-hybridized carbons (Fsp3) is 0.450. The number of aromatic nitrogens is 1. The topological polar surface area (TPSA) is 69.2 Å². The zero-order valence-corrected chi connectivity index (χ0v) is 17.9. The van der Waals surface area contributed by atoms with Gasteiger partial charge in [-0.1, -0.05) is 12.1 Å². The van der Waals surface area contributed by atoms with Crippen LogP contribution in [-0.4, -0.2) is 21.4 Å². The summed E-state index contributed by atoms with van der Waals surface area (Å²) in [5, 5.41) is 3.01. The number of anilines is 1. The molecule has 0 saturated heterocycles. The first kappa shape index (κ1) is 23.3. The first-order valence-electron chi connectivity index (χ1n) is 9.04. The molecule has 5 nitrogen and oxygen atoms in total. The summed E-state index contributed by atoms with van der Waals surface area (Å²) in [6.45, 7) is 7.32. The molecule has 1 heterocycles. The standard InChI is InChI=1S/C20H26F3N3O2S/c1-13(26-29(27)19(2,3)4)17-10-15(11-18(25-17)20(21,22)23)24-12-14-6-8-16(28-5)9-7-14/h6-11,13,26H,12H2,1-5H3,(H,24,25)/t13-,29-/m1/s1. The van der Waals surface area contributed by atoms with Crippen molar-refractivity contribution in [1.29, 1.82) is 0 Å². The Hall–Kier alpha value is -1.97. The molecule has 2 rings (SSSR count). The van der Waals surface area contributed by atoms with Gasteiger partial charge in [0.1, 0.15) is 16.2 Å². The molecular formula is C20H26F3N3O2S. The Morgan fingerprint density at radius 2 is 1.76 bits per heavy atom. The summed E-state index contributed by atoms with van der Waals surface area (Å²) in [4.78, 5) is 3.74. The van der Waals surface area contributed by atoms with Gasteiger partial charge in [0.25, 0.3) is 0 Å². The molecule has 0 radical (unpaired) electrons. The fourth-order valence-electron chi connectivity index (χ4n) is 2.37. The van der Waals surface area contributed by atoms with Crippen LogP contribution in [0.4, 0.5) is 18.9 Å². The van der Waals surface area contributed by atoms with Crippen molar-refractivity contribution in [3.8, 4) is 5.75 Å². The third-order valence-corrected chi connectivity index (χ3v) is 5.75. The van der Waals surface area contributed by atoms with E-state index >= 15 is 0 Å². The quantitative estimate of drug-likeness (QED) is 0.617. The molecule has 0 bridgehead atoms. The molecular weight excluding hydrogens is 403 g/mol. The zero-order chi connectivity index (χ0) is 21.8. The fourth-order valence-corrected chi connectivity index (χ4v) is 3.16. The van der Waals surface area contributed by atoms with E-state index in [9.17, 15) is 17.7 Å². The molecule has 2 atom stereocenters. The van der Waals surface area contributed by atoms with Crippen molar-refractivity contribution in [2.75, 3.05) is 12.4 Å². The molecule has 0 aliphatic carbocycles. The smallest absolute Gasteiger partial charge is 0.433 e. The minimum atomic E-state index is -4.59. The highest BCUT2D eigenvalue weighted by molar-refractivity contribution is 7.90. The number of methoxy groups -OCH3 is 1. The first-order chi connectivity index (χ1) is 13.4. The zero-order valence-electron chi connectivity index (χ0n) is 17.1. The van der Waals surface area contributed by atoms with Gasteiger partial charge in [-0.2, -0.15) is 13.2 Å². The minimum absolute atomic E-state index is 0.162. The molecule has 0 aliphatic rings. The van der Waals surface area contributed by atoms with Gasteiger partial charge in [-0.15, -0.1) is 4.72 Å². The van der Waals surface area contributed by atoms with Crippen LogP contribution in [0, 0.1) is 0 Å². The normalized spacial score (nSPS) is 14.4. The third kappa shape index (κ3) is 6.80. The predicted octanol–water partition coefficient (Wildman–Crippen LogP) is 4.83. The van der Waals surface area contributed by atoms with E-state index in [1.165, 1.54) is 6.07 Å². The molecule has 0 aliphatic heterocycles. The summed E-state index contributed by atoms with van der Waals surface area (Å²) in [6, 6.07) is 9.11. The van der Waals surface area contributed by atoms with Gasteiger partial charge < -0.3 is 14.6 Å². The number of benzene rings is 1. The van der Waals surface area contributed by atoms with Gasteiger partial charge in [-0.05, 0) is 57.5 Å². The first-order valence-corrected chi connectivity index (χ1v) is 10.2. The molecule has 2 aromatic rings. The number of pyridine rings is 1. The second-order valence-electron chi connectivity index (χ2n) is 7.59. The van der Waals surface area contributed by atoms with Crippen LogP contribution < -0.4 is 14.8 Å². The van der Waals surface area contributed by atoms with Gasteiger partial charge in [0.05, 0.1) is 18.8 Å². The van der Waals surface area contributed by atoms with Gasteiger partial charge in [0, 0.05) is 23.6 Å². The Morgan fingerprint density at radius 3 is 2.28 bits per heavy atom. The number of halogens is 3. The van der Waals surface area contributed by atoms with E-state index in [0.29, 0.717) is 12.3 Å². The number of nitrogens with one attached hydrogen (secondary N) is 2. The van der Waals surface area contributed by atoms with Crippen molar-refractivity contribution >= 4 is 17.0 Å².